The summed E-state index contributed by atoms with van der Waals surface area (Å²) in [6.45, 7) is 2.33. The second-order valence-corrected chi connectivity index (χ2v) is 9.54. The third kappa shape index (κ3) is 5.02. The number of fused-ring (bicyclic) bond motifs is 2. The van der Waals surface area contributed by atoms with Crippen molar-refractivity contribution in [1.82, 2.24) is 25.3 Å². The third-order valence-corrected chi connectivity index (χ3v) is 6.77. The van der Waals surface area contributed by atoms with Crippen LogP contribution in [0.25, 0.3) is 0 Å². The van der Waals surface area contributed by atoms with Crippen molar-refractivity contribution in [3.8, 4) is 11.5 Å². The van der Waals surface area contributed by atoms with Gasteiger partial charge >= 0.3 is 0 Å². The molecule has 0 radical (unpaired) electrons. The lowest BCUT2D eigenvalue weighted by molar-refractivity contribution is 0.174. The molecule has 2 aromatic carbocycles. The van der Waals surface area contributed by atoms with Gasteiger partial charge in [0.1, 0.15) is 10.8 Å². The van der Waals surface area contributed by atoms with Crippen LogP contribution < -0.4 is 25.0 Å². The summed E-state index contributed by atoms with van der Waals surface area (Å²) in [7, 11) is 0. The quantitative estimate of drug-likeness (QED) is 0.220. The van der Waals surface area contributed by atoms with Gasteiger partial charge in [-0.1, -0.05) is 30.3 Å². The predicted molar refractivity (Wildman–Crippen MR) is 140 cm³/mol. The van der Waals surface area contributed by atoms with E-state index in [4.69, 9.17) is 26.7 Å². The average Bonchev–Trinajstić information content (AvgIpc) is 3.55. The zero-order valence-corrected chi connectivity index (χ0v) is 20.7. The minimum absolute atomic E-state index is 0.246. The highest BCUT2D eigenvalue weighted by molar-refractivity contribution is 7.99. The van der Waals surface area contributed by atoms with Gasteiger partial charge < -0.3 is 25.0 Å². The molecule has 4 heterocycles. The Hall–Kier alpha value is -3.96. The van der Waals surface area contributed by atoms with Gasteiger partial charge in [0.25, 0.3) is 0 Å². The summed E-state index contributed by atoms with van der Waals surface area (Å²) in [5.74, 6) is 2.70. The predicted octanol–water partition coefficient (Wildman–Crippen LogP) is 4.15. The van der Waals surface area contributed by atoms with E-state index in [2.05, 4.69) is 54.8 Å². The van der Waals surface area contributed by atoms with Crippen molar-refractivity contribution in [2.75, 3.05) is 17.0 Å². The summed E-state index contributed by atoms with van der Waals surface area (Å²) in [6.07, 6.45) is 3.42. The molecule has 0 amide bonds. The van der Waals surface area contributed by atoms with Crippen LogP contribution in [0.4, 0.5) is 11.8 Å². The molecule has 0 bridgehead atoms. The molecule has 0 saturated carbocycles. The number of nitrogens with one attached hydrogen (secondary N) is 2. The van der Waals surface area contributed by atoms with E-state index < -0.39 is 0 Å². The number of anilines is 2. The van der Waals surface area contributed by atoms with Gasteiger partial charge in [0.2, 0.25) is 12.7 Å². The Labute approximate surface area is 217 Å². The van der Waals surface area contributed by atoms with E-state index >= 15 is 0 Å². The summed E-state index contributed by atoms with van der Waals surface area (Å²) in [5, 5.41) is 8.10. The van der Waals surface area contributed by atoms with Crippen LogP contribution in [0.2, 0.25) is 0 Å². The van der Waals surface area contributed by atoms with Gasteiger partial charge in [0.15, 0.2) is 21.8 Å². The molecule has 9 nitrogen and oxygen atoms in total. The van der Waals surface area contributed by atoms with Crippen molar-refractivity contribution in [3.05, 3.63) is 83.7 Å². The van der Waals surface area contributed by atoms with Crippen molar-refractivity contribution < 1.29 is 9.47 Å². The standard InChI is InChI=1S/C25H21N7O2S2/c35-24(28-12-16-6-7-19-20(10-16)34-15-33-19)31-23-29-21(32-13-17-4-1-2-5-18(17)14-32)11-22(30-23)36-25-26-8-3-9-27-25/h1-11H,12-15H2,(H2,28,29,30,31,35). The monoisotopic (exact) mass is 515 g/mol. The molecule has 0 fully saturated rings. The maximum atomic E-state index is 5.54. The highest BCUT2D eigenvalue weighted by Crippen LogP contribution is 2.33. The van der Waals surface area contributed by atoms with Gasteiger partial charge in [0, 0.05) is 38.1 Å². The molecule has 2 aromatic heterocycles. The van der Waals surface area contributed by atoms with Crippen LogP contribution in [0.5, 0.6) is 11.5 Å². The molecule has 180 valence electrons. The first-order valence-electron chi connectivity index (χ1n) is 11.3. The van der Waals surface area contributed by atoms with Crippen molar-refractivity contribution in [2.24, 2.45) is 0 Å². The highest BCUT2D eigenvalue weighted by Gasteiger charge is 2.21. The van der Waals surface area contributed by atoms with Gasteiger partial charge in [-0.2, -0.15) is 4.98 Å². The summed E-state index contributed by atoms with van der Waals surface area (Å²) in [4.78, 5) is 20.3. The fourth-order valence-corrected chi connectivity index (χ4v) is 4.86. The zero-order valence-electron chi connectivity index (χ0n) is 19.0. The Kier molecular flexibility index (Phi) is 6.22. The van der Waals surface area contributed by atoms with Crippen LogP contribution in [-0.2, 0) is 19.6 Å². The second kappa shape index (κ2) is 9.96. The summed E-state index contributed by atoms with van der Waals surface area (Å²) >= 11 is 6.92. The van der Waals surface area contributed by atoms with Gasteiger partial charge in [-0.25, -0.2) is 15.0 Å². The Morgan fingerprint density at radius 3 is 2.53 bits per heavy atom. The molecule has 0 aliphatic carbocycles. The Balaban J connectivity index is 1.19. The maximum absolute atomic E-state index is 5.54. The molecule has 6 rings (SSSR count). The molecule has 2 N–H and O–H groups in total. The first-order chi connectivity index (χ1) is 17.7. The van der Waals surface area contributed by atoms with Crippen LogP contribution in [0.1, 0.15) is 16.7 Å². The van der Waals surface area contributed by atoms with Gasteiger partial charge in [-0.15, -0.1) is 0 Å². The first kappa shape index (κ1) is 22.5. The van der Waals surface area contributed by atoms with E-state index in [0.717, 1.165) is 41.0 Å². The number of rotatable bonds is 6. The number of thiocarbonyl (C=S) groups is 1. The smallest absolute Gasteiger partial charge is 0.232 e. The maximum Gasteiger partial charge on any atom is 0.232 e. The molecule has 11 heteroatoms. The molecule has 0 unspecified atom stereocenters. The molecule has 2 aliphatic heterocycles. The third-order valence-electron chi connectivity index (χ3n) is 5.71. The van der Waals surface area contributed by atoms with Crippen LogP contribution in [-0.4, -0.2) is 31.8 Å². The van der Waals surface area contributed by atoms with Crippen molar-refractivity contribution >= 4 is 40.9 Å². The Bertz CT molecular complexity index is 1400. The van der Waals surface area contributed by atoms with Crippen LogP contribution >= 0.6 is 24.0 Å². The van der Waals surface area contributed by atoms with Gasteiger partial charge in [-0.3, -0.25) is 0 Å². The first-order valence-corrected chi connectivity index (χ1v) is 12.5. The number of benzene rings is 2. The minimum atomic E-state index is 0.246. The zero-order chi connectivity index (χ0) is 24.3. The fourth-order valence-electron chi connectivity index (χ4n) is 3.99. The highest BCUT2D eigenvalue weighted by atomic mass is 32.2. The average molecular weight is 516 g/mol. The molecular weight excluding hydrogens is 494 g/mol. The number of nitrogens with zero attached hydrogens (tertiary/aromatic N) is 5. The SMILES string of the molecule is S=C(NCc1ccc2c(c1)OCO2)Nc1nc(Sc2ncccn2)cc(N2Cc3ccccc3C2)n1. The van der Waals surface area contributed by atoms with E-state index in [0.29, 0.717) is 22.8 Å². The molecule has 0 spiro atoms. The molecule has 4 aromatic rings. The van der Waals surface area contributed by atoms with E-state index in [1.54, 1.807) is 18.5 Å². The van der Waals surface area contributed by atoms with Crippen LogP contribution in [0, 0.1) is 0 Å². The Morgan fingerprint density at radius 2 is 1.72 bits per heavy atom. The molecule has 2 aliphatic rings. The van der Waals surface area contributed by atoms with Crippen LogP contribution in [0.15, 0.2) is 77.2 Å². The number of hydrogen-bond donors (Lipinski definition) is 2. The van der Waals surface area contributed by atoms with E-state index in [1.807, 2.05) is 24.3 Å². The fraction of sp³-hybridized carbons (Fsp3) is 0.160. The van der Waals surface area contributed by atoms with E-state index in [1.165, 1.54) is 22.9 Å². The molecule has 0 saturated heterocycles. The van der Waals surface area contributed by atoms with Crippen molar-refractivity contribution in [1.29, 1.82) is 0 Å². The lowest BCUT2D eigenvalue weighted by atomic mass is 10.1. The molecule has 36 heavy (non-hydrogen) atoms. The number of aromatic nitrogens is 4. The summed E-state index contributed by atoms with van der Waals surface area (Å²) in [6, 6.07) is 18.0. The lowest BCUT2D eigenvalue weighted by Gasteiger charge is -2.18. The van der Waals surface area contributed by atoms with Crippen LogP contribution in [0.3, 0.4) is 0 Å². The second-order valence-electron chi connectivity index (χ2n) is 8.14. The molecular formula is C25H21N7O2S2. The Morgan fingerprint density at radius 1 is 0.944 bits per heavy atom. The topological polar surface area (TPSA) is 97.3 Å². The largest absolute Gasteiger partial charge is 0.454 e. The van der Waals surface area contributed by atoms with E-state index in [-0.39, 0.29) is 6.79 Å². The van der Waals surface area contributed by atoms with Crippen molar-refractivity contribution in [2.45, 2.75) is 29.8 Å². The van der Waals surface area contributed by atoms with Gasteiger partial charge in [-0.05, 0) is 58.9 Å². The van der Waals surface area contributed by atoms with Crippen molar-refractivity contribution in [3.63, 3.8) is 0 Å². The van der Waals surface area contributed by atoms with E-state index in [9.17, 15) is 0 Å². The molecule has 0 atom stereocenters. The van der Waals surface area contributed by atoms with Gasteiger partial charge in [0.05, 0.1) is 0 Å². The summed E-state index contributed by atoms with van der Waals surface area (Å²) < 4.78 is 10.8. The summed E-state index contributed by atoms with van der Waals surface area (Å²) in [5.41, 5.74) is 3.62. The lowest BCUT2D eigenvalue weighted by Crippen LogP contribution is -2.29. The normalized spacial score (nSPS) is 13.4. The number of ether oxygens (including phenoxy) is 2. The number of hydrogen-bond acceptors (Lipinski definition) is 9. The minimum Gasteiger partial charge on any atom is -0.454 e.